The van der Waals surface area contributed by atoms with Gasteiger partial charge in [-0.25, -0.2) is 0 Å². The topological polar surface area (TPSA) is 50.9 Å². The van der Waals surface area contributed by atoms with E-state index in [1.165, 1.54) is 0 Å². The van der Waals surface area contributed by atoms with E-state index < -0.39 is 0 Å². The Morgan fingerprint density at radius 3 is 2.68 bits per heavy atom. The van der Waals surface area contributed by atoms with E-state index in [-0.39, 0.29) is 6.61 Å². The van der Waals surface area contributed by atoms with Crippen LogP contribution < -0.4 is 0 Å². The second-order valence-corrected chi connectivity index (χ2v) is 5.42. The zero-order valence-corrected chi connectivity index (χ0v) is 12.1. The molecule has 19 heavy (non-hydrogen) atoms. The molecule has 1 aromatic carbocycles. The van der Waals surface area contributed by atoms with E-state index in [0.717, 1.165) is 23.5 Å². The van der Waals surface area contributed by atoms with Gasteiger partial charge in [0.1, 0.15) is 6.61 Å². The quantitative estimate of drug-likeness (QED) is 0.936. The van der Waals surface area contributed by atoms with E-state index in [1.54, 1.807) is 0 Å². The minimum atomic E-state index is -0.112. The minimum absolute atomic E-state index is 0.112. The van der Waals surface area contributed by atoms with Crippen LogP contribution in [-0.4, -0.2) is 19.9 Å². The maximum atomic E-state index is 9.37. The molecule has 1 aromatic heterocycles. The van der Waals surface area contributed by atoms with Crippen molar-refractivity contribution < 1.29 is 5.11 Å². The summed E-state index contributed by atoms with van der Waals surface area (Å²) in [4.78, 5) is 0. The summed E-state index contributed by atoms with van der Waals surface area (Å²) < 4.78 is 1.96. The Morgan fingerprint density at radius 1 is 1.32 bits per heavy atom. The van der Waals surface area contributed by atoms with E-state index in [9.17, 15) is 5.11 Å². The molecule has 0 saturated heterocycles. The number of hydrogen-bond donors (Lipinski definition) is 1. The van der Waals surface area contributed by atoms with Gasteiger partial charge in [0.15, 0.2) is 11.6 Å². The van der Waals surface area contributed by atoms with Gasteiger partial charge >= 0.3 is 0 Å². The first-order chi connectivity index (χ1) is 9.04. The first-order valence-electron chi connectivity index (χ1n) is 6.33. The average Bonchev–Trinajstić information content (AvgIpc) is 2.75. The van der Waals surface area contributed by atoms with Crippen molar-refractivity contribution in [1.29, 1.82) is 0 Å². The minimum Gasteiger partial charge on any atom is -0.388 e. The van der Waals surface area contributed by atoms with Crippen molar-refractivity contribution in [2.75, 3.05) is 0 Å². The molecule has 0 saturated carbocycles. The fourth-order valence-corrected chi connectivity index (χ4v) is 2.23. The van der Waals surface area contributed by atoms with Crippen LogP contribution in [0.5, 0.6) is 0 Å². The van der Waals surface area contributed by atoms with E-state index in [2.05, 4.69) is 24.0 Å². The van der Waals surface area contributed by atoms with Crippen LogP contribution in [0.1, 0.15) is 25.2 Å². The third-order valence-corrected chi connectivity index (χ3v) is 3.43. The summed E-state index contributed by atoms with van der Waals surface area (Å²) in [6.45, 7) is 6.86. The highest BCUT2D eigenvalue weighted by molar-refractivity contribution is 6.31. The van der Waals surface area contributed by atoms with Crippen molar-refractivity contribution in [1.82, 2.24) is 14.8 Å². The molecule has 4 nitrogen and oxygen atoms in total. The zero-order chi connectivity index (χ0) is 14.0. The normalized spacial score (nSPS) is 11.3. The van der Waals surface area contributed by atoms with Gasteiger partial charge in [0.25, 0.3) is 0 Å². The number of hydrogen-bond acceptors (Lipinski definition) is 3. The Bertz CT molecular complexity index is 578. The summed E-state index contributed by atoms with van der Waals surface area (Å²) in [7, 11) is 0. The first-order valence-corrected chi connectivity index (χ1v) is 6.70. The van der Waals surface area contributed by atoms with Crippen LogP contribution in [-0.2, 0) is 13.2 Å². The Morgan fingerprint density at radius 2 is 2.05 bits per heavy atom. The predicted octanol–water partition coefficient (Wildman–Crippen LogP) is 3.06. The lowest BCUT2D eigenvalue weighted by molar-refractivity contribution is 0.262. The predicted molar refractivity (Wildman–Crippen MR) is 76.0 cm³/mol. The molecule has 0 atom stereocenters. The fraction of sp³-hybridized carbons (Fsp3) is 0.429. The second kappa shape index (κ2) is 5.72. The average molecular weight is 280 g/mol. The molecule has 0 fully saturated rings. The monoisotopic (exact) mass is 279 g/mol. The molecule has 0 aliphatic rings. The molecule has 2 rings (SSSR count). The van der Waals surface area contributed by atoms with Crippen LogP contribution in [0.4, 0.5) is 0 Å². The smallest absolute Gasteiger partial charge is 0.164 e. The van der Waals surface area contributed by atoms with Crippen LogP contribution in [0.15, 0.2) is 18.2 Å². The molecule has 0 spiro atoms. The summed E-state index contributed by atoms with van der Waals surface area (Å²) in [5.41, 5.74) is 1.94. The third kappa shape index (κ3) is 2.80. The van der Waals surface area contributed by atoms with Crippen molar-refractivity contribution in [3.63, 3.8) is 0 Å². The number of rotatable bonds is 4. The van der Waals surface area contributed by atoms with Crippen LogP contribution in [0, 0.1) is 12.8 Å². The van der Waals surface area contributed by atoms with Gasteiger partial charge in [-0.1, -0.05) is 37.6 Å². The first kappa shape index (κ1) is 14.0. The summed E-state index contributed by atoms with van der Waals surface area (Å²) in [5, 5.41) is 18.3. The van der Waals surface area contributed by atoms with Gasteiger partial charge in [0, 0.05) is 17.1 Å². The lowest BCUT2D eigenvalue weighted by atomic mass is 10.1. The lowest BCUT2D eigenvalue weighted by Gasteiger charge is -2.13. The van der Waals surface area contributed by atoms with Crippen molar-refractivity contribution in [2.24, 2.45) is 5.92 Å². The van der Waals surface area contributed by atoms with Crippen molar-refractivity contribution in [2.45, 2.75) is 33.9 Å². The molecule has 5 heteroatoms. The summed E-state index contributed by atoms with van der Waals surface area (Å²) in [5.74, 6) is 1.79. The molecule has 0 aliphatic carbocycles. The van der Waals surface area contributed by atoms with E-state index in [4.69, 9.17) is 11.6 Å². The van der Waals surface area contributed by atoms with E-state index in [0.29, 0.717) is 16.8 Å². The van der Waals surface area contributed by atoms with Crippen molar-refractivity contribution >= 4 is 11.6 Å². The highest BCUT2D eigenvalue weighted by atomic mass is 35.5. The van der Waals surface area contributed by atoms with Gasteiger partial charge < -0.3 is 9.67 Å². The van der Waals surface area contributed by atoms with Gasteiger partial charge in [0.05, 0.1) is 0 Å². The van der Waals surface area contributed by atoms with Crippen molar-refractivity contribution in [3.05, 3.63) is 34.6 Å². The fourth-order valence-electron chi connectivity index (χ4n) is 2.06. The second-order valence-electron chi connectivity index (χ2n) is 5.01. The number of aliphatic hydroxyl groups excluding tert-OH is 1. The Hall–Kier alpha value is -1.39. The maximum absolute atomic E-state index is 9.37. The Labute approximate surface area is 118 Å². The third-order valence-electron chi connectivity index (χ3n) is 3.03. The molecule has 1 N–H and O–H groups in total. The molecule has 0 radical (unpaired) electrons. The highest BCUT2D eigenvalue weighted by Gasteiger charge is 2.16. The Kier molecular flexibility index (Phi) is 4.22. The van der Waals surface area contributed by atoms with Gasteiger partial charge in [-0.2, -0.15) is 0 Å². The number of aromatic nitrogens is 3. The molecule has 0 amide bonds. The lowest BCUT2D eigenvalue weighted by Crippen LogP contribution is -2.10. The molecule has 2 aromatic rings. The highest BCUT2D eigenvalue weighted by Crippen LogP contribution is 2.28. The number of aliphatic hydroxyl groups is 1. The SMILES string of the molecule is Cc1c(Cl)cccc1-c1nnc(CO)n1CC(C)C. The van der Waals surface area contributed by atoms with Crippen LogP contribution in [0.2, 0.25) is 5.02 Å². The van der Waals surface area contributed by atoms with E-state index >= 15 is 0 Å². The molecular weight excluding hydrogens is 262 g/mol. The molecule has 102 valence electrons. The van der Waals surface area contributed by atoms with Crippen LogP contribution in [0.3, 0.4) is 0 Å². The van der Waals surface area contributed by atoms with Gasteiger partial charge in [-0.05, 0) is 24.5 Å². The Balaban J connectivity index is 2.55. The number of benzene rings is 1. The number of halogens is 1. The zero-order valence-electron chi connectivity index (χ0n) is 11.4. The van der Waals surface area contributed by atoms with Gasteiger partial charge in [0.2, 0.25) is 0 Å². The van der Waals surface area contributed by atoms with Crippen molar-refractivity contribution in [3.8, 4) is 11.4 Å². The van der Waals surface area contributed by atoms with Crippen LogP contribution >= 0.6 is 11.6 Å². The molecule has 0 aliphatic heterocycles. The van der Waals surface area contributed by atoms with Crippen LogP contribution in [0.25, 0.3) is 11.4 Å². The standard InChI is InChI=1S/C14H18ClN3O/c1-9(2)7-18-13(8-19)16-17-14(18)11-5-4-6-12(15)10(11)3/h4-6,9,19H,7-8H2,1-3H3. The van der Waals surface area contributed by atoms with Gasteiger partial charge in [-0.3, -0.25) is 0 Å². The maximum Gasteiger partial charge on any atom is 0.164 e. The molecule has 1 heterocycles. The van der Waals surface area contributed by atoms with E-state index in [1.807, 2.05) is 29.7 Å². The molecule has 0 bridgehead atoms. The largest absolute Gasteiger partial charge is 0.388 e. The molecular formula is C14H18ClN3O. The summed E-state index contributed by atoms with van der Waals surface area (Å²) in [6.07, 6.45) is 0. The van der Waals surface area contributed by atoms with Gasteiger partial charge in [-0.15, -0.1) is 10.2 Å². The number of nitrogens with zero attached hydrogens (tertiary/aromatic N) is 3. The summed E-state index contributed by atoms with van der Waals surface area (Å²) >= 11 is 6.16. The molecule has 0 unspecified atom stereocenters. The summed E-state index contributed by atoms with van der Waals surface area (Å²) in [6, 6.07) is 5.73.